The van der Waals surface area contributed by atoms with Gasteiger partial charge in [0.15, 0.2) is 9.50 Å². The highest BCUT2D eigenvalue weighted by atomic mass is 32.2. The number of nitrogens with one attached hydrogen (secondary N) is 1. The van der Waals surface area contributed by atoms with Crippen LogP contribution >= 0.6 is 34.9 Å². The van der Waals surface area contributed by atoms with Crippen LogP contribution in [0.15, 0.2) is 64.1 Å². The summed E-state index contributed by atoms with van der Waals surface area (Å²) < 4.78 is 4.19. The lowest BCUT2D eigenvalue weighted by molar-refractivity contribution is -0.118. The maximum absolute atomic E-state index is 11.6. The van der Waals surface area contributed by atoms with Gasteiger partial charge in [-0.15, -0.1) is 21.5 Å². The van der Waals surface area contributed by atoms with Crippen LogP contribution in [0.5, 0.6) is 0 Å². The zero-order valence-corrected chi connectivity index (χ0v) is 17.5. The van der Waals surface area contributed by atoms with Crippen molar-refractivity contribution >= 4 is 51.0 Å². The van der Waals surface area contributed by atoms with E-state index >= 15 is 0 Å². The van der Waals surface area contributed by atoms with Crippen LogP contribution in [0.4, 0.5) is 0 Å². The Morgan fingerprint density at radius 2 is 1.86 bits per heavy atom. The SMILES string of the molecule is CNC(=O)CSc1nnc(CSc2nc3ccccc3s2)n1-c1ccccc1. The van der Waals surface area contributed by atoms with Crippen molar-refractivity contribution in [3.8, 4) is 5.69 Å². The molecule has 0 bridgehead atoms. The molecule has 0 spiro atoms. The van der Waals surface area contributed by atoms with Gasteiger partial charge in [-0.1, -0.05) is 53.9 Å². The van der Waals surface area contributed by atoms with Gasteiger partial charge in [0, 0.05) is 12.7 Å². The molecule has 1 N–H and O–H groups in total. The van der Waals surface area contributed by atoms with E-state index in [9.17, 15) is 4.79 Å². The Morgan fingerprint density at radius 3 is 2.64 bits per heavy atom. The van der Waals surface area contributed by atoms with Gasteiger partial charge in [-0.25, -0.2) is 4.98 Å². The molecular weight excluding hydrogens is 410 g/mol. The minimum Gasteiger partial charge on any atom is -0.358 e. The van der Waals surface area contributed by atoms with Gasteiger partial charge in [0.1, 0.15) is 5.82 Å². The van der Waals surface area contributed by atoms with Crippen molar-refractivity contribution in [1.29, 1.82) is 0 Å². The summed E-state index contributed by atoms with van der Waals surface area (Å²) in [6.45, 7) is 0. The van der Waals surface area contributed by atoms with Gasteiger partial charge in [-0.3, -0.25) is 9.36 Å². The second-order valence-electron chi connectivity index (χ2n) is 5.77. The molecule has 0 fully saturated rings. The molecule has 0 aliphatic carbocycles. The zero-order chi connectivity index (χ0) is 19.3. The number of hydrogen-bond acceptors (Lipinski definition) is 7. The van der Waals surface area contributed by atoms with Crippen LogP contribution in [-0.2, 0) is 10.5 Å². The summed E-state index contributed by atoms with van der Waals surface area (Å²) in [5.74, 6) is 1.72. The van der Waals surface area contributed by atoms with Gasteiger partial charge in [-0.05, 0) is 24.3 Å². The number of thioether (sulfide) groups is 2. The Kier molecular flexibility index (Phi) is 5.94. The Labute approximate surface area is 174 Å². The Morgan fingerprint density at radius 1 is 1.07 bits per heavy atom. The molecule has 0 atom stereocenters. The van der Waals surface area contributed by atoms with Crippen LogP contribution in [-0.4, -0.2) is 38.5 Å². The molecule has 4 aromatic rings. The molecule has 1 amide bonds. The second-order valence-corrected chi connectivity index (χ2v) is 8.96. The number of rotatable bonds is 7. The molecule has 0 aliphatic rings. The summed E-state index contributed by atoms with van der Waals surface area (Å²) in [5, 5.41) is 12.0. The third kappa shape index (κ3) is 4.21. The van der Waals surface area contributed by atoms with E-state index < -0.39 is 0 Å². The summed E-state index contributed by atoms with van der Waals surface area (Å²) in [6, 6.07) is 18.1. The minimum absolute atomic E-state index is 0.0435. The number of nitrogens with zero attached hydrogens (tertiary/aromatic N) is 4. The van der Waals surface area contributed by atoms with Crippen molar-refractivity contribution in [2.75, 3.05) is 12.8 Å². The maximum Gasteiger partial charge on any atom is 0.230 e. The number of hydrogen-bond donors (Lipinski definition) is 1. The molecule has 4 rings (SSSR count). The van der Waals surface area contributed by atoms with E-state index in [1.54, 1.807) is 30.1 Å². The van der Waals surface area contributed by atoms with Gasteiger partial charge in [0.25, 0.3) is 0 Å². The standard InChI is InChI=1S/C19H17N5OS3/c1-20-17(25)12-26-18-23-22-16(24(18)13-7-3-2-4-8-13)11-27-19-21-14-9-5-6-10-15(14)28-19/h2-10H,11-12H2,1H3,(H,20,25). The predicted molar refractivity (Wildman–Crippen MR) is 115 cm³/mol. The lowest BCUT2D eigenvalue weighted by Crippen LogP contribution is -2.20. The molecule has 2 aromatic carbocycles. The molecular formula is C19H17N5OS3. The smallest absolute Gasteiger partial charge is 0.230 e. The highest BCUT2D eigenvalue weighted by molar-refractivity contribution is 8.00. The lowest BCUT2D eigenvalue weighted by Gasteiger charge is -2.09. The van der Waals surface area contributed by atoms with E-state index in [-0.39, 0.29) is 5.91 Å². The first kappa shape index (κ1) is 19.0. The number of thiazole rings is 1. The monoisotopic (exact) mass is 427 g/mol. The Bertz CT molecular complexity index is 1060. The average molecular weight is 428 g/mol. The first-order valence-corrected chi connectivity index (χ1v) is 11.3. The fourth-order valence-corrected chi connectivity index (χ4v) is 5.39. The van der Waals surface area contributed by atoms with Crippen LogP contribution < -0.4 is 5.32 Å². The van der Waals surface area contributed by atoms with Crippen molar-refractivity contribution in [3.05, 3.63) is 60.4 Å². The number of aromatic nitrogens is 4. The van der Waals surface area contributed by atoms with Gasteiger partial charge >= 0.3 is 0 Å². The second kappa shape index (κ2) is 8.76. The highest BCUT2D eigenvalue weighted by Gasteiger charge is 2.16. The normalized spacial score (nSPS) is 11.0. The van der Waals surface area contributed by atoms with Gasteiger partial charge < -0.3 is 5.32 Å². The van der Waals surface area contributed by atoms with E-state index in [2.05, 4.69) is 26.6 Å². The van der Waals surface area contributed by atoms with Crippen LogP contribution in [0.3, 0.4) is 0 Å². The molecule has 28 heavy (non-hydrogen) atoms. The molecule has 6 nitrogen and oxygen atoms in total. The molecule has 9 heteroatoms. The van der Waals surface area contributed by atoms with E-state index in [0.717, 1.165) is 21.4 Å². The largest absolute Gasteiger partial charge is 0.358 e. The number of carbonyl (C=O) groups is 1. The van der Waals surface area contributed by atoms with Crippen LogP contribution in [0, 0.1) is 0 Å². The molecule has 0 aliphatic heterocycles. The maximum atomic E-state index is 11.6. The third-order valence-corrected chi connectivity index (χ3v) is 7.03. The summed E-state index contributed by atoms with van der Waals surface area (Å²) in [5.41, 5.74) is 1.99. The van der Waals surface area contributed by atoms with Crippen molar-refractivity contribution in [1.82, 2.24) is 25.1 Å². The summed E-state index contributed by atoms with van der Waals surface area (Å²) in [4.78, 5) is 16.3. The third-order valence-electron chi connectivity index (χ3n) is 3.92. The van der Waals surface area contributed by atoms with Gasteiger partial charge in [0.2, 0.25) is 5.91 Å². The fourth-order valence-electron chi connectivity index (χ4n) is 2.57. The van der Waals surface area contributed by atoms with Crippen molar-refractivity contribution < 1.29 is 4.79 Å². The van der Waals surface area contributed by atoms with Crippen LogP contribution in [0.2, 0.25) is 0 Å². The zero-order valence-electron chi connectivity index (χ0n) is 15.0. The predicted octanol–water partition coefficient (Wildman–Crippen LogP) is 4.01. The van der Waals surface area contributed by atoms with Crippen molar-refractivity contribution in [2.45, 2.75) is 15.2 Å². The van der Waals surface area contributed by atoms with E-state index in [1.807, 2.05) is 53.1 Å². The average Bonchev–Trinajstić information content (AvgIpc) is 3.34. The fraction of sp³-hybridized carbons (Fsp3) is 0.158. The van der Waals surface area contributed by atoms with Gasteiger partial charge in [-0.2, -0.15) is 0 Å². The first-order chi connectivity index (χ1) is 13.7. The summed E-state index contributed by atoms with van der Waals surface area (Å²) in [6.07, 6.45) is 0. The number of carbonyl (C=O) groups excluding carboxylic acids is 1. The summed E-state index contributed by atoms with van der Waals surface area (Å²) >= 11 is 4.70. The number of fused-ring (bicyclic) bond motifs is 1. The number of para-hydroxylation sites is 2. The molecule has 0 saturated heterocycles. The highest BCUT2D eigenvalue weighted by Crippen LogP contribution is 2.32. The molecule has 0 unspecified atom stereocenters. The molecule has 0 saturated carbocycles. The van der Waals surface area contributed by atoms with Crippen LogP contribution in [0.25, 0.3) is 15.9 Å². The Hall–Kier alpha value is -2.36. The van der Waals surface area contributed by atoms with Crippen molar-refractivity contribution in [2.24, 2.45) is 0 Å². The van der Waals surface area contributed by atoms with Gasteiger partial charge in [0.05, 0.1) is 21.7 Å². The number of benzene rings is 2. The summed E-state index contributed by atoms with van der Waals surface area (Å²) in [7, 11) is 1.63. The molecule has 142 valence electrons. The lowest BCUT2D eigenvalue weighted by atomic mass is 10.3. The Balaban J connectivity index is 1.58. The minimum atomic E-state index is -0.0435. The van der Waals surface area contributed by atoms with E-state index in [0.29, 0.717) is 16.7 Å². The molecule has 2 heterocycles. The van der Waals surface area contributed by atoms with E-state index in [1.165, 1.54) is 16.5 Å². The quantitative estimate of drug-likeness (QED) is 0.449. The van der Waals surface area contributed by atoms with E-state index in [4.69, 9.17) is 0 Å². The van der Waals surface area contributed by atoms with Crippen molar-refractivity contribution in [3.63, 3.8) is 0 Å². The number of amides is 1. The first-order valence-electron chi connectivity index (χ1n) is 8.56. The molecule has 0 radical (unpaired) electrons. The molecule has 2 aromatic heterocycles. The topological polar surface area (TPSA) is 72.7 Å². The van der Waals surface area contributed by atoms with Crippen LogP contribution in [0.1, 0.15) is 5.82 Å².